The Morgan fingerprint density at radius 2 is 2.07 bits per heavy atom. The monoisotopic (exact) mass is 371 g/mol. The summed E-state index contributed by atoms with van der Waals surface area (Å²) in [5.41, 5.74) is 0.606. The van der Waals surface area contributed by atoms with Gasteiger partial charge in [-0.2, -0.15) is 4.52 Å². The van der Waals surface area contributed by atoms with E-state index in [2.05, 4.69) is 46.5 Å². The van der Waals surface area contributed by atoms with Crippen LogP contribution in [0.1, 0.15) is 39.4 Å². The number of nitrogens with zero attached hydrogens (tertiary/aromatic N) is 5. The highest BCUT2D eigenvalue weighted by atomic mass is 16.2. The Morgan fingerprint density at radius 3 is 2.74 bits per heavy atom. The van der Waals surface area contributed by atoms with Gasteiger partial charge < -0.3 is 15.5 Å². The van der Waals surface area contributed by atoms with E-state index in [0.717, 1.165) is 30.4 Å². The summed E-state index contributed by atoms with van der Waals surface area (Å²) in [5.74, 6) is 1.97. The molecular formula is C18H25N7O2. The van der Waals surface area contributed by atoms with Crippen molar-refractivity contribution in [3.05, 3.63) is 18.0 Å². The molecule has 0 radical (unpaired) electrons. The Morgan fingerprint density at radius 1 is 1.30 bits per heavy atom. The molecule has 9 heteroatoms. The second kappa shape index (κ2) is 6.47. The molecule has 2 aliphatic heterocycles. The van der Waals surface area contributed by atoms with E-state index in [0.29, 0.717) is 25.3 Å². The summed E-state index contributed by atoms with van der Waals surface area (Å²) >= 11 is 0. The van der Waals surface area contributed by atoms with Gasteiger partial charge in [0, 0.05) is 37.4 Å². The van der Waals surface area contributed by atoms with Crippen molar-refractivity contribution in [3.63, 3.8) is 0 Å². The largest absolute Gasteiger partial charge is 0.354 e. The minimum absolute atomic E-state index is 0.0462. The second-order valence-corrected chi connectivity index (χ2v) is 8.41. The molecule has 2 fully saturated rings. The predicted molar refractivity (Wildman–Crippen MR) is 99.4 cm³/mol. The number of aromatic nitrogens is 4. The van der Waals surface area contributed by atoms with Gasteiger partial charge in [0.05, 0.1) is 0 Å². The molecule has 0 saturated carbocycles. The van der Waals surface area contributed by atoms with E-state index in [4.69, 9.17) is 5.10 Å². The van der Waals surface area contributed by atoms with Crippen LogP contribution in [0.3, 0.4) is 0 Å². The van der Waals surface area contributed by atoms with Gasteiger partial charge in [0.15, 0.2) is 11.5 Å². The van der Waals surface area contributed by atoms with Crippen LogP contribution in [0.25, 0.3) is 5.65 Å². The zero-order valence-electron chi connectivity index (χ0n) is 15.9. The molecule has 9 nitrogen and oxygen atoms in total. The standard InChI is InChI=1S/C18H25N7O2/c1-18(2,3)17-22-21-13-5-6-14(23-25(13)17)24-9-11(10-24)8-19-16(27)12-4-7-15(26)20-12/h5-6,11-12H,4,7-10H2,1-3H3,(H,19,27)(H,20,26). The van der Waals surface area contributed by atoms with Crippen molar-refractivity contribution < 1.29 is 9.59 Å². The molecule has 2 N–H and O–H groups in total. The maximum atomic E-state index is 12.1. The van der Waals surface area contributed by atoms with Gasteiger partial charge in [0.25, 0.3) is 0 Å². The first kappa shape index (κ1) is 17.7. The van der Waals surface area contributed by atoms with Gasteiger partial charge in [-0.3, -0.25) is 9.59 Å². The molecule has 0 aromatic carbocycles. The van der Waals surface area contributed by atoms with E-state index in [1.54, 1.807) is 0 Å². The number of carbonyl (C=O) groups is 2. The van der Waals surface area contributed by atoms with E-state index in [9.17, 15) is 9.59 Å². The molecule has 27 heavy (non-hydrogen) atoms. The third-order valence-electron chi connectivity index (χ3n) is 5.08. The van der Waals surface area contributed by atoms with Crippen LogP contribution in [0.15, 0.2) is 12.1 Å². The van der Waals surface area contributed by atoms with Crippen LogP contribution in [0.4, 0.5) is 5.82 Å². The predicted octanol–water partition coefficient (Wildman–Crippen LogP) is 0.253. The van der Waals surface area contributed by atoms with Crippen LogP contribution in [0.5, 0.6) is 0 Å². The van der Waals surface area contributed by atoms with Gasteiger partial charge in [-0.1, -0.05) is 20.8 Å². The van der Waals surface area contributed by atoms with Crippen LogP contribution in [-0.2, 0) is 15.0 Å². The summed E-state index contributed by atoms with van der Waals surface area (Å²) < 4.78 is 1.81. The van der Waals surface area contributed by atoms with Crippen molar-refractivity contribution in [3.8, 4) is 0 Å². The summed E-state index contributed by atoms with van der Waals surface area (Å²) in [5, 5.41) is 18.8. The first-order valence-electron chi connectivity index (χ1n) is 9.36. The molecule has 0 spiro atoms. The second-order valence-electron chi connectivity index (χ2n) is 8.41. The Hall–Kier alpha value is -2.71. The Bertz CT molecular complexity index is 879. The lowest BCUT2D eigenvalue weighted by Crippen LogP contribution is -2.53. The maximum Gasteiger partial charge on any atom is 0.242 e. The van der Waals surface area contributed by atoms with Crippen molar-refractivity contribution in [2.45, 2.75) is 45.1 Å². The van der Waals surface area contributed by atoms with Crippen LogP contribution >= 0.6 is 0 Å². The third-order valence-corrected chi connectivity index (χ3v) is 5.08. The third kappa shape index (κ3) is 3.45. The number of hydrogen-bond donors (Lipinski definition) is 2. The van der Waals surface area contributed by atoms with E-state index < -0.39 is 0 Å². The summed E-state index contributed by atoms with van der Waals surface area (Å²) in [6.45, 7) is 8.56. The van der Waals surface area contributed by atoms with Crippen molar-refractivity contribution >= 4 is 23.3 Å². The lowest BCUT2D eigenvalue weighted by atomic mass is 9.96. The zero-order valence-corrected chi connectivity index (χ0v) is 15.9. The maximum absolute atomic E-state index is 12.1. The fourth-order valence-corrected chi connectivity index (χ4v) is 3.48. The molecule has 2 amide bonds. The van der Waals surface area contributed by atoms with Crippen molar-refractivity contribution in [1.82, 2.24) is 30.4 Å². The molecule has 1 unspecified atom stereocenters. The molecule has 0 bridgehead atoms. The SMILES string of the molecule is CC(C)(C)c1nnc2ccc(N3CC(CNC(=O)C4CCC(=O)N4)C3)nn12. The number of anilines is 1. The fraction of sp³-hybridized carbons (Fsp3) is 0.611. The number of fused-ring (bicyclic) bond motifs is 1. The lowest BCUT2D eigenvalue weighted by molar-refractivity contribution is -0.125. The van der Waals surface area contributed by atoms with Gasteiger partial charge >= 0.3 is 0 Å². The van der Waals surface area contributed by atoms with Crippen molar-refractivity contribution in [2.75, 3.05) is 24.5 Å². The van der Waals surface area contributed by atoms with Crippen molar-refractivity contribution in [2.24, 2.45) is 5.92 Å². The van der Waals surface area contributed by atoms with Crippen LogP contribution in [-0.4, -0.2) is 57.3 Å². The molecular weight excluding hydrogens is 346 g/mol. The minimum atomic E-state index is -0.373. The normalized spacial score (nSPS) is 20.6. The summed E-state index contributed by atoms with van der Waals surface area (Å²) in [6.07, 6.45) is 1.02. The highest BCUT2D eigenvalue weighted by molar-refractivity contribution is 5.90. The fourth-order valence-electron chi connectivity index (χ4n) is 3.48. The van der Waals surface area contributed by atoms with E-state index >= 15 is 0 Å². The summed E-state index contributed by atoms with van der Waals surface area (Å²) in [4.78, 5) is 25.5. The Labute approximate surface area is 157 Å². The number of carbonyl (C=O) groups excluding carboxylic acids is 2. The molecule has 4 rings (SSSR count). The van der Waals surface area contributed by atoms with E-state index in [1.807, 2.05) is 16.6 Å². The van der Waals surface area contributed by atoms with Gasteiger partial charge in [-0.05, 0) is 18.6 Å². The van der Waals surface area contributed by atoms with Crippen LogP contribution in [0, 0.1) is 5.92 Å². The Balaban J connectivity index is 1.34. The highest BCUT2D eigenvalue weighted by Crippen LogP contribution is 2.25. The average Bonchev–Trinajstić information content (AvgIpc) is 3.18. The van der Waals surface area contributed by atoms with Crippen LogP contribution in [0.2, 0.25) is 0 Å². The molecule has 2 aliphatic rings. The molecule has 2 saturated heterocycles. The molecule has 0 aliphatic carbocycles. The van der Waals surface area contributed by atoms with E-state index in [1.165, 1.54) is 0 Å². The first-order valence-corrected chi connectivity index (χ1v) is 9.36. The van der Waals surface area contributed by atoms with Crippen LogP contribution < -0.4 is 15.5 Å². The smallest absolute Gasteiger partial charge is 0.242 e. The molecule has 144 valence electrons. The quantitative estimate of drug-likeness (QED) is 0.799. The molecule has 2 aromatic heterocycles. The topological polar surface area (TPSA) is 105 Å². The van der Waals surface area contributed by atoms with Gasteiger partial charge in [0.2, 0.25) is 11.8 Å². The molecule has 1 atom stereocenters. The average molecular weight is 371 g/mol. The number of rotatable bonds is 4. The Kier molecular flexibility index (Phi) is 4.24. The number of amides is 2. The first-order chi connectivity index (χ1) is 12.8. The number of hydrogen-bond acceptors (Lipinski definition) is 6. The molecule has 4 heterocycles. The lowest BCUT2D eigenvalue weighted by Gasteiger charge is -2.40. The van der Waals surface area contributed by atoms with Gasteiger partial charge in [-0.25, -0.2) is 0 Å². The summed E-state index contributed by atoms with van der Waals surface area (Å²) in [7, 11) is 0. The summed E-state index contributed by atoms with van der Waals surface area (Å²) in [6, 6.07) is 3.52. The molecule has 2 aromatic rings. The zero-order chi connectivity index (χ0) is 19.2. The highest BCUT2D eigenvalue weighted by Gasteiger charge is 2.31. The number of nitrogens with one attached hydrogen (secondary N) is 2. The minimum Gasteiger partial charge on any atom is -0.354 e. The van der Waals surface area contributed by atoms with Gasteiger partial charge in [-0.15, -0.1) is 15.3 Å². The van der Waals surface area contributed by atoms with Crippen molar-refractivity contribution in [1.29, 1.82) is 0 Å². The van der Waals surface area contributed by atoms with E-state index in [-0.39, 0.29) is 23.3 Å². The van der Waals surface area contributed by atoms with Gasteiger partial charge in [0.1, 0.15) is 11.9 Å².